The molecule has 1 atom stereocenters. The second-order valence-corrected chi connectivity index (χ2v) is 6.94. The molecule has 2 saturated heterocycles. The van der Waals surface area contributed by atoms with Crippen LogP contribution >= 0.6 is 0 Å². The Morgan fingerprint density at radius 1 is 1.08 bits per heavy atom. The van der Waals surface area contributed by atoms with Gasteiger partial charge in [-0.05, 0) is 31.9 Å². The van der Waals surface area contributed by atoms with Crippen molar-refractivity contribution in [3.63, 3.8) is 0 Å². The Hall–Kier alpha value is -1.86. The summed E-state index contributed by atoms with van der Waals surface area (Å²) >= 11 is 0. The van der Waals surface area contributed by atoms with Gasteiger partial charge in [-0.15, -0.1) is 0 Å². The molecule has 2 fully saturated rings. The number of amides is 2. The van der Waals surface area contributed by atoms with Gasteiger partial charge in [-0.2, -0.15) is 0 Å². The Balaban J connectivity index is 1.35. The molecule has 2 amide bonds. The van der Waals surface area contributed by atoms with Crippen molar-refractivity contribution in [3.8, 4) is 0 Å². The van der Waals surface area contributed by atoms with Gasteiger partial charge in [0.15, 0.2) is 0 Å². The molecular weight excluding hydrogens is 320 g/mol. The van der Waals surface area contributed by atoms with Crippen molar-refractivity contribution in [1.29, 1.82) is 0 Å². The van der Waals surface area contributed by atoms with E-state index in [-0.39, 0.29) is 17.9 Å². The Kier molecular flexibility index (Phi) is 6.09. The van der Waals surface area contributed by atoms with Crippen LogP contribution in [0.15, 0.2) is 22.8 Å². The summed E-state index contributed by atoms with van der Waals surface area (Å²) in [6.07, 6.45) is 3.87. The quantitative estimate of drug-likeness (QED) is 0.819. The van der Waals surface area contributed by atoms with Crippen LogP contribution in [-0.2, 0) is 9.59 Å². The number of likely N-dealkylation sites (tertiary alicyclic amines) is 1. The first kappa shape index (κ1) is 17.9. The summed E-state index contributed by atoms with van der Waals surface area (Å²) in [5.41, 5.74) is 0. The predicted octanol–water partition coefficient (Wildman–Crippen LogP) is 0.697. The number of piperazine rings is 1. The molecule has 1 N–H and O–H groups in total. The van der Waals surface area contributed by atoms with Gasteiger partial charge in [0.1, 0.15) is 5.76 Å². The number of carbonyl (C=O) groups is 2. The molecule has 0 aliphatic carbocycles. The molecule has 3 heterocycles. The van der Waals surface area contributed by atoms with Gasteiger partial charge in [-0.3, -0.25) is 19.4 Å². The average molecular weight is 348 g/mol. The highest BCUT2D eigenvalue weighted by Crippen LogP contribution is 2.12. The van der Waals surface area contributed by atoms with Crippen LogP contribution in [-0.4, -0.2) is 78.9 Å². The molecule has 7 heteroatoms. The Bertz CT molecular complexity index is 561. The monoisotopic (exact) mass is 348 g/mol. The lowest BCUT2D eigenvalue weighted by Crippen LogP contribution is -2.51. The highest BCUT2D eigenvalue weighted by atomic mass is 16.3. The van der Waals surface area contributed by atoms with Crippen molar-refractivity contribution in [2.45, 2.75) is 25.8 Å². The van der Waals surface area contributed by atoms with Crippen LogP contribution in [0.5, 0.6) is 0 Å². The second-order valence-electron chi connectivity index (χ2n) is 6.94. The number of nitrogens with one attached hydrogen (secondary N) is 1. The van der Waals surface area contributed by atoms with Gasteiger partial charge in [0, 0.05) is 39.3 Å². The lowest BCUT2D eigenvalue weighted by atomic mass is 10.2. The Morgan fingerprint density at radius 2 is 1.72 bits per heavy atom. The fraction of sp³-hybridized carbons (Fsp3) is 0.667. The molecule has 1 unspecified atom stereocenters. The van der Waals surface area contributed by atoms with Crippen LogP contribution in [0.25, 0.3) is 0 Å². The van der Waals surface area contributed by atoms with Crippen molar-refractivity contribution in [2.75, 3.05) is 52.4 Å². The molecule has 3 rings (SSSR count). The van der Waals surface area contributed by atoms with Gasteiger partial charge in [-0.25, -0.2) is 0 Å². The van der Waals surface area contributed by atoms with Gasteiger partial charge in [0.05, 0.1) is 25.4 Å². The first-order chi connectivity index (χ1) is 12.1. The maximum absolute atomic E-state index is 12.2. The molecular formula is C18H28N4O3. The van der Waals surface area contributed by atoms with Crippen LogP contribution in [0.4, 0.5) is 0 Å². The molecule has 0 radical (unpaired) electrons. The van der Waals surface area contributed by atoms with Gasteiger partial charge in [0.2, 0.25) is 11.8 Å². The molecule has 1 aromatic heterocycles. The van der Waals surface area contributed by atoms with Crippen LogP contribution in [0.1, 0.15) is 31.6 Å². The van der Waals surface area contributed by atoms with Gasteiger partial charge in [-0.1, -0.05) is 0 Å². The molecule has 0 aromatic carbocycles. The smallest absolute Gasteiger partial charge is 0.236 e. The fourth-order valence-corrected chi connectivity index (χ4v) is 3.46. The number of rotatable bonds is 6. The first-order valence-electron chi connectivity index (χ1n) is 9.17. The van der Waals surface area contributed by atoms with E-state index < -0.39 is 0 Å². The standard InChI is InChI=1S/C18H28N4O3/c1-15(16-5-4-12-25-16)19-17(23)13-20-8-10-21(11-9-20)14-18(24)22-6-2-3-7-22/h4-5,12,15H,2-3,6-11,13-14H2,1H3,(H,19,23). The molecule has 0 saturated carbocycles. The highest BCUT2D eigenvalue weighted by Gasteiger charge is 2.24. The SMILES string of the molecule is CC(NC(=O)CN1CCN(CC(=O)N2CCCC2)CC1)c1ccco1. The van der Waals surface area contributed by atoms with Crippen molar-refractivity contribution in [3.05, 3.63) is 24.2 Å². The largest absolute Gasteiger partial charge is 0.467 e. The van der Waals surface area contributed by atoms with Crippen molar-refractivity contribution in [1.82, 2.24) is 20.0 Å². The molecule has 7 nitrogen and oxygen atoms in total. The lowest BCUT2D eigenvalue weighted by Gasteiger charge is -2.34. The summed E-state index contributed by atoms with van der Waals surface area (Å²) in [7, 11) is 0. The van der Waals surface area contributed by atoms with E-state index in [9.17, 15) is 9.59 Å². The summed E-state index contributed by atoms with van der Waals surface area (Å²) in [6.45, 7) is 7.93. The molecule has 2 aliphatic rings. The summed E-state index contributed by atoms with van der Waals surface area (Å²) in [5.74, 6) is 1.01. The van der Waals surface area contributed by atoms with E-state index in [0.29, 0.717) is 13.1 Å². The van der Waals surface area contributed by atoms with E-state index in [1.807, 2.05) is 24.0 Å². The third-order valence-corrected chi connectivity index (χ3v) is 5.00. The van der Waals surface area contributed by atoms with Crippen molar-refractivity contribution >= 4 is 11.8 Å². The maximum atomic E-state index is 12.2. The summed E-state index contributed by atoms with van der Waals surface area (Å²) in [5, 5.41) is 2.96. The fourth-order valence-electron chi connectivity index (χ4n) is 3.46. The summed E-state index contributed by atoms with van der Waals surface area (Å²) < 4.78 is 5.31. The third-order valence-electron chi connectivity index (χ3n) is 5.00. The number of nitrogens with zero attached hydrogens (tertiary/aromatic N) is 3. The molecule has 2 aliphatic heterocycles. The van der Waals surface area contributed by atoms with Crippen LogP contribution in [0.3, 0.4) is 0 Å². The zero-order valence-electron chi connectivity index (χ0n) is 14.9. The second kappa shape index (κ2) is 8.49. The predicted molar refractivity (Wildman–Crippen MR) is 94.0 cm³/mol. The van der Waals surface area contributed by atoms with E-state index in [2.05, 4.69) is 15.1 Å². The van der Waals surface area contributed by atoms with E-state index in [1.54, 1.807) is 6.26 Å². The normalized spacial score (nSPS) is 20.6. The summed E-state index contributed by atoms with van der Waals surface area (Å²) in [4.78, 5) is 30.7. The zero-order chi connectivity index (χ0) is 17.6. The van der Waals surface area contributed by atoms with Crippen molar-refractivity contribution in [2.24, 2.45) is 0 Å². The number of hydrogen-bond donors (Lipinski definition) is 1. The van der Waals surface area contributed by atoms with Crippen molar-refractivity contribution < 1.29 is 14.0 Å². The molecule has 0 bridgehead atoms. The van der Waals surface area contributed by atoms with E-state index >= 15 is 0 Å². The maximum Gasteiger partial charge on any atom is 0.236 e. The third kappa shape index (κ3) is 5.06. The minimum absolute atomic E-state index is 0.00509. The van der Waals surface area contributed by atoms with E-state index in [0.717, 1.165) is 57.9 Å². The number of furan rings is 1. The van der Waals surface area contributed by atoms with Gasteiger partial charge in [0.25, 0.3) is 0 Å². The van der Waals surface area contributed by atoms with E-state index in [1.165, 1.54) is 0 Å². The summed E-state index contributed by atoms with van der Waals surface area (Å²) in [6, 6.07) is 3.56. The molecule has 138 valence electrons. The highest BCUT2D eigenvalue weighted by molar-refractivity contribution is 5.79. The van der Waals surface area contributed by atoms with E-state index in [4.69, 9.17) is 4.42 Å². The zero-order valence-corrected chi connectivity index (χ0v) is 14.9. The molecule has 25 heavy (non-hydrogen) atoms. The number of carbonyl (C=O) groups excluding carboxylic acids is 2. The minimum atomic E-state index is -0.123. The molecule has 0 spiro atoms. The van der Waals surface area contributed by atoms with Gasteiger partial charge < -0.3 is 14.6 Å². The van der Waals surface area contributed by atoms with Crippen LogP contribution in [0.2, 0.25) is 0 Å². The molecule has 1 aromatic rings. The Labute approximate surface area is 148 Å². The Morgan fingerprint density at radius 3 is 2.32 bits per heavy atom. The van der Waals surface area contributed by atoms with Crippen LogP contribution < -0.4 is 5.32 Å². The minimum Gasteiger partial charge on any atom is -0.467 e. The number of hydrogen-bond acceptors (Lipinski definition) is 5. The van der Waals surface area contributed by atoms with Crippen LogP contribution in [0, 0.1) is 0 Å². The van der Waals surface area contributed by atoms with Gasteiger partial charge >= 0.3 is 0 Å². The lowest BCUT2D eigenvalue weighted by molar-refractivity contribution is -0.132. The topological polar surface area (TPSA) is 69.0 Å². The first-order valence-corrected chi connectivity index (χ1v) is 9.17. The average Bonchev–Trinajstić information content (AvgIpc) is 3.30.